The Hall–Kier alpha value is -3.32. The Morgan fingerprint density at radius 1 is 1.29 bits per heavy atom. The minimum absolute atomic E-state index is 0.0346. The highest BCUT2D eigenvalue weighted by Crippen LogP contribution is 2.39. The van der Waals surface area contributed by atoms with Crippen molar-refractivity contribution >= 4 is 34.9 Å². The molecule has 3 aromatic rings. The van der Waals surface area contributed by atoms with Gasteiger partial charge in [0.25, 0.3) is 5.91 Å². The number of nitrogens with zero attached hydrogens (tertiary/aromatic N) is 2. The summed E-state index contributed by atoms with van der Waals surface area (Å²) in [7, 11) is 1.61. The molecule has 0 bridgehead atoms. The molecule has 0 saturated heterocycles. The van der Waals surface area contributed by atoms with Crippen molar-refractivity contribution in [3.8, 4) is 16.9 Å². The van der Waals surface area contributed by atoms with Gasteiger partial charge in [-0.3, -0.25) is 9.59 Å². The van der Waals surface area contributed by atoms with Crippen LogP contribution in [-0.4, -0.2) is 28.7 Å². The number of rotatable bonds is 6. The van der Waals surface area contributed by atoms with Crippen LogP contribution in [0.5, 0.6) is 5.75 Å². The maximum Gasteiger partial charge on any atom is 0.251 e. The lowest BCUT2D eigenvalue weighted by Crippen LogP contribution is -2.24. The molecule has 0 spiro atoms. The molecule has 1 unspecified atom stereocenters. The average molecular weight is 439 g/mol. The molecule has 2 N–H and O–H groups in total. The molecule has 31 heavy (non-hydrogen) atoms. The number of benzene rings is 2. The van der Waals surface area contributed by atoms with E-state index in [1.165, 1.54) is 0 Å². The van der Waals surface area contributed by atoms with Gasteiger partial charge in [0.1, 0.15) is 17.6 Å². The third-order valence-corrected chi connectivity index (χ3v) is 5.60. The molecular weight excluding hydrogens is 416 g/mol. The summed E-state index contributed by atoms with van der Waals surface area (Å²) < 4.78 is 6.96. The fourth-order valence-electron chi connectivity index (χ4n) is 3.75. The predicted octanol–water partition coefficient (Wildman–Crippen LogP) is 4.60. The van der Waals surface area contributed by atoms with E-state index in [2.05, 4.69) is 15.7 Å². The number of hydrogen-bond acceptors (Lipinski definition) is 4. The Bertz CT molecular complexity index is 1170. The van der Waals surface area contributed by atoms with Gasteiger partial charge in [-0.15, -0.1) is 0 Å². The molecular formula is C23H23ClN4O3. The molecule has 1 atom stereocenters. The largest absolute Gasteiger partial charge is 0.497 e. The number of ether oxygens (including phenoxy) is 1. The third-order valence-electron chi connectivity index (χ3n) is 5.37. The molecule has 2 aromatic carbocycles. The standard InChI is InChI=1S/C23H23ClN4O3/c1-4-17-21(14-6-5-7-16(10-14)31-3)22-26-23(30)19(28(22)27-17)12-20(29)25-18-11-15(24)9-8-13(18)2/h5-11,19H,4,12H2,1-3H3,(H,25,29)(H,26,30). The second kappa shape index (κ2) is 8.43. The lowest BCUT2D eigenvalue weighted by atomic mass is 10.0. The quantitative estimate of drug-likeness (QED) is 0.588. The molecule has 2 amide bonds. The summed E-state index contributed by atoms with van der Waals surface area (Å²) in [6.07, 6.45) is 0.649. The van der Waals surface area contributed by atoms with E-state index in [9.17, 15) is 9.59 Å². The van der Waals surface area contributed by atoms with E-state index in [0.717, 1.165) is 28.1 Å². The van der Waals surface area contributed by atoms with Crippen molar-refractivity contribution in [2.24, 2.45) is 0 Å². The number of methoxy groups -OCH3 is 1. The number of aryl methyl sites for hydroxylation is 2. The van der Waals surface area contributed by atoms with Gasteiger partial charge in [-0.2, -0.15) is 5.10 Å². The molecule has 4 rings (SSSR count). The second-order valence-corrected chi connectivity index (χ2v) is 7.85. The van der Waals surface area contributed by atoms with Crippen molar-refractivity contribution < 1.29 is 14.3 Å². The van der Waals surface area contributed by atoms with Crippen LogP contribution in [0.25, 0.3) is 11.1 Å². The number of amides is 2. The van der Waals surface area contributed by atoms with E-state index in [0.29, 0.717) is 22.9 Å². The van der Waals surface area contributed by atoms with Gasteiger partial charge in [0.2, 0.25) is 5.91 Å². The van der Waals surface area contributed by atoms with Crippen LogP contribution in [0.3, 0.4) is 0 Å². The Morgan fingerprint density at radius 2 is 2.10 bits per heavy atom. The number of hydrogen-bond donors (Lipinski definition) is 2. The van der Waals surface area contributed by atoms with E-state index < -0.39 is 6.04 Å². The van der Waals surface area contributed by atoms with Crippen LogP contribution in [0.2, 0.25) is 5.02 Å². The minimum atomic E-state index is -0.723. The van der Waals surface area contributed by atoms with Crippen molar-refractivity contribution in [2.45, 2.75) is 32.7 Å². The van der Waals surface area contributed by atoms with Crippen molar-refractivity contribution in [3.63, 3.8) is 0 Å². The Kier molecular flexibility index (Phi) is 5.69. The van der Waals surface area contributed by atoms with Crippen LogP contribution < -0.4 is 15.4 Å². The maximum absolute atomic E-state index is 12.7. The molecule has 0 aliphatic carbocycles. The van der Waals surface area contributed by atoms with Crippen LogP contribution in [0.4, 0.5) is 11.5 Å². The van der Waals surface area contributed by atoms with E-state index in [1.54, 1.807) is 23.9 Å². The molecule has 1 aliphatic heterocycles. The zero-order valence-electron chi connectivity index (χ0n) is 17.5. The summed E-state index contributed by atoms with van der Waals surface area (Å²) in [6.45, 7) is 3.89. The van der Waals surface area contributed by atoms with Crippen molar-refractivity contribution in [2.75, 3.05) is 17.7 Å². The van der Waals surface area contributed by atoms with Crippen LogP contribution >= 0.6 is 11.6 Å². The average Bonchev–Trinajstić information content (AvgIpc) is 3.26. The summed E-state index contributed by atoms with van der Waals surface area (Å²) in [5, 5.41) is 11.0. The van der Waals surface area contributed by atoms with Gasteiger partial charge in [-0.1, -0.05) is 36.7 Å². The molecule has 0 fully saturated rings. The van der Waals surface area contributed by atoms with E-state index >= 15 is 0 Å². The fraction of sp³-hybridized carbons (Fsp3) is 0.261. The zero-order chi connectivity index (χ0) is 22.1. The first-order valence-electron chi connectivity index (χ1n) is 10.0. The summed E-state index contributed by atoms with van der Waals surface area (Å²) in [5.74, 6) is 0.783. The Morgan fingerprint density at radius 3 is 2.84 bits per heavy atom. The monoisotopic (exact) mass is 438 g/mol. The molecule has 7 nitrogen and oxygen atoms in total. The molecule has 1 aliphatic rings. The minimum Gasteiger partial charge on any atom is -0.497 e. The van der Waals surface area contributed by atoms with Crippen molar-refractivity contribution in [1.82, 2.24) is 9.78 Å². The van der Waals surface area contributed by atoms with Crippen molar-refractivity contribution in [3.05, 3.63) is 58.7 Å². The maximum atomic E-state index is 12.7. The first-order valence-corrected chi connectivity index (χ1v) is 10.4. The predicted molar refractivity (Wildman–Crippen MR) is 121 cm³/mol. The van der Waals surface area contributed by atoms with E-state index in [1.807, 2.05) is 44.2 Å². The molecule has 2 heterocycles. The smallest absolute Gasteiger partial charge is 0.251 e. The third kappa shape index (κ3) is 4.01. The normalized spacial score (nSPS) is 14.8. The lowest BCUT2D eigenvalue weighted by Gasteiger charge is -2.12. The number of aromatic nitrogens is 2. The van der Waals surface area contributed by atoms with Gasteiger partial charge in [-0.05, 0) is 48.7 Å². The molecule has 160 valence electrons. The Balaban J connectivity index is 1.63. The van der Waals surface area contributed by atoms with Gasteiger partial charge in [0.05, 0.1) is 19.2 Å². The SMILES string of the molecule is CCc1nn2c(c1-c1cccc(OC)c1)NC(=O)C2CC(=O)Nc1cc(Cl)ccc1C. The summed E-state index contributed by atoms with van der Waals surface area (Å²) in [6, 6.07) is 12.2. The topological polar surface area (TPSA) is 85.2 Å². The zero-order valence-corrected chi connectivity index (χ0v) is 18.3. The second-order valence-electron chi connectivity index (χ2n) is 7.42. The van der Waals surface area contributed by atoms with Crippen LogP contribution in [0.15, 0.2) is 42.5 Å². The van der Waals surface area contributed by atoms with Crippen LogP contribution in [-0.2, 0) is 16.0 Å². The number of anilines is 2. The summed E-state index contributed by atoms with van der Waals surface area (Å²) >= 11 is 6.04. The number of carbonyl (C=O) groups is 2. The number of carbonyl (C=O) groups excluding carboxylic acids is 2. The van der Waals surface area contributed by atoms with E-state index in [4.69, 9.17) is 16.3 Å². The van der Waals surface area contributed by atoms with E-state index in [-0.39, 0.29) is 18.2 Å². The number of nitrogens with one attached hydrogen (secondary N) is 2. The van der Waals surface area contributed by atoms with Gasteiger partial charge < -0.3 is 15.4 Å². The van der Waals surface area contributed by atoms with Crippen LogP contribution in [0.1, 0.15) is 30.6 Å². The first kappa shape index (κ1) is 20.9. The summed E-state index contributed by atoms with van der Waals surface area (Å²) in [4.78, 5) is 25.4. The lowest BCUT2D eigenvalue weighted by molar-refractivity contribution is -0.123. The number of fused-ring (bicyclic) bond motifs is 1. The Labute approximate surface area is 185 Å². The highest BCUT2D eigenvalue weighted by atomic mass is 35.5. The summed E-state index contributed by atoms with van der Waals surface area (Å²) in [5.41, 5.74) is 4.12. The van der Waals surface area contributed by atoms with Crippen LogP contribution in [0, 0.1) is 6.92 Å². The first-order chi connectivity index (χ1) is 14.9. The van der Waals surface area contributed by atoms with Gasteiger partial charge in [0, 0.05) is 16.3 Å². The molecule has 8 heteroatoms. The highest BCUT2D eigenvalue weighted by molar-refractivity contribution is 6.31. The van der Waals surface area contributed by atoms with Gasteiger partial charge >= 0.3 is 0 Å². The highest BCUT2D eigenvalue weighted by Gasteiger charge is 2.36. The molecule has 1 aromatic heterocycles. The van der Waals surface area contributed by atoms with Gasteiger partial charge in [-0.25, -0.2) is 4.68 Å². The van der Waals surface area contributed by atoms with Gasteiger partial charge in [0.15, 0.2) is 0 Å². The number of halogens is 1. The fourth-order valence-corrected chi connectivity index (χ4v) is 3.92. The molecule has 0 saturated carbocycles. The molecule has 0 radical (unpaired) electrons. The van der Waals surface area contributed by atoms with Crippen molar-refractivity contribution in [1.29, 1.82) is 0 Å².